The molecule has 116 valence electrons. The Bertz CT molecular complexity index is 809. The maximum Gasteiger partial charge on any atom is 0.339 e. The molecule has 2 aromatic rings. The number of aryl methyl sites for hydroxylation is 1. The quantitative estimate of drug-likeness (QED) is 0.798. The second-order valence-corrected chi connectivity index (χ2v) is 5.95. The first-order chi connectivity index (χ1) is 11.2. The highest BCUT2D eigenvalue weighted by Gasteiger charge is 2.42. The van der Waals surface area contributed by atoms with Gasteiger partial charge < -0.3 is 9.47 Å². The number of carbonyl (C=O) groups is 2. The van der Waals surface area contributed by atoms with Crippen LogP contribution >= 0.6 is 0 Å². The molecule has 0 aromatic heterocycles. The SMILES string of the molecule is COc1ccc2c(c1)CC[C@H]([C@H]1OC(=O)c3ccccc31)C2=O. The number of hydrogen-bond donors (Lipinski definition) is 0. The van der Waals surface area contributed by atoms with Crippen LogP contribution in [0.4, 0.5) is 0 Å². The Morgan fingerprint density at radius 3 is 2.74 bits per heavy atom. The van der Waals surface area contributed by atoms with Crippen LogP contribution in [0.3, 0.4) is 0 Å². The Hall–Kier alpha value is -2.62. The van der Waals surface area contributed by atoms with E-state index in [0.717, 1.165) is 23.3 Å². The van der Waals surface area contributed by atoms with Gasteiger partial charge in [0.15, 0.2) is 5.78 Å². The average Bonchev–Trinajstić information content (AvgIpc) is 2.92. The van der Waals surface area contributed by atoms with Crippen molar-refractivity contribution in [2.75, 3.05) is 7.11 Å². The van der Waals surface area contributed by atoms with Crippen molar-refractivity contribution in [1.82, 2.24) is 0 Å². The molecule has 0 spiro atoms. The van der Waals surface area contributed by atoms with Crippen molar-refractivity contribution in [3.05, 3.63) is 64.7 Å². The number of benzene rings is 2. The van der Waals surface area contributed by atoms with E-state index in [1.165, 1.54) is 0 Å². The van der Waals surface area contributed by atoms with Crippen LogP contribution in [-0.2, 0) is 11.2 Å². The monoisotopic (exact) mass is 308 g/mol. The van der Waals surface area contributed by atoms with Gasteiger partial charge in [-0.25, -0.2) is 4.79 Å². The maximum atomic E-state index is 12.9. The average molecular weight is 308 g/mol. The van der Waals surface area contributed by atoms with Crippen LogP contribution in [0.25, 0.3) is 0 Å². The minimum Gasteiger partial charge on any atom is -0.497 e. The van der Waals surface area contributed by atoms with Gasteiger partial charge in [0, 0.05) is 11.1 Å². The minimum absolute atomic E-state index is 0.0448. The molecule has 2 atom stereocenters. The molecule has 2 aliphatic rings. The highest BCUT2D eigenvalue weighted by molar-refractivity contribution is 6.02. The van der Waals surface area contributed by atoms with Gasteiger partial charge in [-0.2, -0.15) is 0 Å². The normalized spacial score (nSPS) is 22.3. The highest BCUT2D eigenvalue weighted by Crippen LogP contribution is 2.42. The summed E-state index contributed by atoms with van der Waals surface area (Å²) in [6.07, 6.45) is 0.978. The number of methoxy groups -OCH3 is 1. The van der Waals surface area contributed by atoms with Crippen molar-refractivity contribution < 1.29 is 19.1 Å². The molecule has 2 aromatic carbocycles. The first-order valence-electron chi connectivity index (χ1n) is 7.70. The molecule has 0 amide bonds. The summed E-state index contributed by atoms with van der Waals surface area (Å²) in [6, 6.07) is 12.8. The molecule has 1 aliphatic carbocycles. The van der Waals surface area contributed by atoms with Crippen LogP contribution in [0.1, 0.15) is 44.4 Å². The number of rotatable bonds is 2. The first-order valence-corrected chi connectivity index (χ1v) is 7.70. The zero-order valence-corrected chi connectivity index (χ0v) is 12.7. The van der Waals surface area contributed by atoms with E-state index in [4.69, 9.17) is 9.47 Å². The predicted molar refractivity (Wildman–Crippen MR) is 83.7 cm³/mol. The van der Waals surface area contributed by atoms with Gasteiger partial charge in [0.05, 0.1) is 18.6 Å². The molecule has 0 radical (unpaired) electrons. The van der Waals surface area contributed by atoms with Crippen LogP contribution in [-0.4, -0.2) is 18.9 Å². The maximum absolute atomic E-state index is 12.9. The minimum atomic E-state index is -0.471. The summed E-state index contributed by atoms with van der Waals surface area (Å²) in [5, 5.41) is 0. The third-order valence-corrected chi connectivity index (χ3v) is 4.73. The zero-order chi connectivity index (χ0) is 16.0. The number of carbonyl (C=O) groups excluding carboxylic acids is 2. The molecule has 1 aliphatic heterocycles. The molecular formula is C19H16O4. The largest absolute Gasteiger partial charge is 0.497 e. The fraction of sp³-hybridized carbons (Fsp3) is 0.263. The molecule has 4 nitrogen and oxygen atoms in total. The van der Waals surface area contributed by atoms with Crippen molar-refractivity contribution in [3.63, 3.8) is 0 Å². The number of esters is 1. The Balaban J connectivity index is 1.70. The fourth-order valence-electron chi connectivity index (χ4n) is 3.55. The summed E-state index contributed by atoms with van der Waals surface area (Å²) < 4.78 is 10.7. The molecule has 0 saturated heterocycles. The third kappa shape index (κ3) is 2.13. The number of cyclic esters (lactones) is 1. The van der Waals surface area contributed by atoms with E-state index >= 15 is 0 Å². The predicted octanol–water partition coefficient (Wildman–Crippen LogP) is 3.35. The highest BCUT2D eigenvalue weighted by atomic mass is 16.5. The third-order valence-electron chi connectivity index (χ3n) is 4.73. The number of Topliss-reactive ketones (excluding diaryl/α,β-unsaturated/α-hetero) is 1. The Kier molecular flexibility index (Phi) is 3.18. The molecule has 0 bridgehead atoms. The molecule has 4 heteroatoms. The molecule has 0 N–H and O–H groups in total. The first kappa shape index (κ1) is 14.0. The van der Waals surface area contributed by atoms with E-state index in [-0.39, 0.29) is 17.7 Å². The summed E-state index contributed by atoms with van der Waals surface area (Å²) in [4.78, 5) is 24.9. The summed E-state index contributed by atoms with van der Waals surface area (Å²) in [7, 11) is 1.62. The van der Waals surface area contributed by atoms with Crippen molar-refractivity contribution in [3.8, 4) is 5.75 Å². The lowest BCUT2D eigenvalue weighted by Crippen LogP contribution is -2.28. The number of ether oxygens (including phenoxy) is 2. The summed E-state index contributed by atoms with van der Waals surface area (Å²) in [5.41, 5.74) is 3.12. The summed E-state index contributed by atoms with van der Waals surface area (Å²) >= 11 is 0. The molecular weight excluding hydrogens is 292 g/mol. The lowest BCUT2D eigenvalue weighted by Gasteiger charge is -2.27. The molecule has 0 saturated carbocycles. The van der Waals surface area contributed by atoms with Crippen molar-refractivity contribution in [1.29, 1.82) is 0 Å². The van der Waals surface area contributed by atoms with Gasteiger partial charge in [0.2, 0.25) is 0 Å². The van der Waals surface area contributed by atoms with E-state index in [9.17, 15) is 9.59 Å². The topological polar surface area (TPSA) is 52.6 Å². The second-order valence-electron chi connectivity index (χ2n) is 5.95. The molecule has 0 fully saturated rings. The van der Waals surface area contributed by atoms with Gasteiger partial charge in [0.1, 0.15) is 11.9 Å². The fourth-order valence-corrected chi connectivity index (χ4v) is 3.55. The van der Waals surface area contributed by atoms with Gasteiger partial charge in [-0.05, 0) is 42.7 Å². The smallest absolute Gasteiger partial charge is 0.339 e. The van der Waals surface area contributed by atoms with E-state index in [2.05, 4.69) is 0 Å². The van der Waals surface area contributed by atoms with Crippen molar-refractivity contribution in [2.24, 2.45) is 5.92 Å². The Labute approximate surface area is 134 Å². The van der Waals surface area contributed by atoms with Gasteiger partial charge in [-0.15, -0.1) is 0 Å². The molecule has 23 heavy (non-hydrogen) atoms. The lowest BCUT2D eigenvalue weighted by atomic mass is 9.78. The van der Waals surface area contributed by atoms with Gasteiger partial charge >= 0.3 is 5.97 Å². The van der Waals surface area contributed by atoms with Crippen LogP contribution in [0.15, 0.2) is 42.5 Å². The summed E-state index contributed by atoms with van der Waals surface area (Å²) in [6.45, 7) is 0. The van der Waals surface area contributed by atoms with Crippen molar-refractivity contribution >= 4 is 11.8 Å². The molecule has 4 rings (SSSR count). The number of fused-ring (bicyclic) bond motifs is 2. The summed E-state index contributed by atoms with van der Waals surface area (Å²) in [5.74, 6) is 0.151. The zero-order valence-electron chi connectivity index (χ0n) is 12.7. The van der Waals surface area contributed by atoms with E-state index in [1.54, 1.807) is 19.2 Å². The van der Waals surface area contributed by atoms with Gasteiger partial charge in [0.25, 0.3) is 0 Å². The molecule has 0 unspecified atom stereocenters. The van der Waals surface area contributed by atoms with E-state index in [1.807, 2.05) is 30.3 Å². The van der Waals surface area contributed by atoms with Crippen LogP contribution < -0.4 is 4.74 Å². The lowest BCUT2D eigenvalue weighted by molar-refractivity contribution is 0.0222. The van der Waals surface area contributed by atoms with Crippen molar-refractivity contribution in [2.45, 2.75) is 18.9 Å². The van der Waals surface area contributed by atoms with Crippen LogP contribution in [0, 0.1) is 5.92 Å². The number of hydrogen-bond acceptors (Lipinski definition) is 4. The number of ketones is 1. The molecule has 1 heterocycles. The van der Waals surface area contributed by atoms with E-state index < -0.39 is 6.10 Å². The van der Waals surface area contributed by atoms with Gasteiger partial charge in [-0.1, -0.05) is 18.2 Å². The van der Waals surface area contributed by atoms with E-state index in [0.29, 0.717) is 17.5 Å². The standard InChI is InChI=1S/C19H16O4/c1-22-12-7-9-13-11(10-12)6-8-16(17(13)20)18-14-4-2-3-5-15(14)19(21)23-18/h2-5,7,9-10,16,18H,6,8H2,1H3/t16-,18-/m0/s1. The van der Waals surface area contributed by atoms with Gasteiger partial charge in [-0.3, -0.25) is 4.79 Å². The second kappa shape index (κ2) is 5.23. The Morgan fingerprint density at radius 1 is 1.09 bits per heavy atom. The van der Waals surface area contributed by atoms with Crippen LogP contribution in [0.2, 0.25) is 0 Å². The Morgan fingerprint density at radius 2 is 1.91 bits per heavy atom. The van der Waals surface area contributed by atoms with Crippen LogP contribution in [0.5, 0.6) is 5.75 Å².